The Morgan fingerprint density at radius 2 is 1.90 bits per heavy atom. The average molecular weight is 305 g/mol. The van der Waals surface area contributed by atoms with Crippen LogP contribution in [0.2, 0.25) is 0 Å². The fourth-order valence-corrected chi connectivity index (χ4v) is 3.17. The molecule has 0 fully saturated rings. The van der Waals surface area contributed by atoms with Crippen molar-refractivity contribution in [2.24, 2.45) is 5.73 Å². The third-order valence-corrected chi connectivity index (χ3v) is 4.55. The van der Waals surface area contributed by atoms with Crippen LogP contribution in [0, 0.1) is 6.92 Å². The third-order valence-electron chi connectivity index (χ3n) is 3.49. The Bertz CT molecular complexity index is 550. The van der Waals surface area contributed by atoms with Gasteiger partial charge in [0.1, 0.15) is 11.9 Å². The molecule has 2 rings (SSSR count). The Hall–Kier alpha value is -1.36. The summed E-state index contributed by atoms with van der Waals surface area (Å²) in [4.78, 5) is 2.43. The van der Waals surface area contributed by atoms with Crippen LogP contribution in [-0.2, 0) is 6.42 Å². The molecule has 0 bridgehead atoms. The molecule has 0 saturated heterocycles. The molecule has 1 aromatic heterocycles. The Labute approximate surface area is 130 Å². The van der Waals surface area contributed by atoms with Crippen LogP contribution >= 0.6 is 11.3 Å². The normalized spacial score (nSPS) is 13.9. The minimum Gasteiger partial charge on any atom is -0.483 e. The molecule has 0 aliphatic carbocycles. The molecule has 0 aliphatic heterocycles. The quantitative estimate of drug-likeness (QED) is 0.824. The molecule has 21 heavy (non-hydrogen) atoms. The maximum Gasteiger partial charge on any atom is 0.148 e. The lowest BCUT2D eigenvalue weighted by molar-refractivity contribution is 0.174. The summed E-state index contributed by atoms with van der Waals surface area (Å²) in [7, 11) is 0. The van der Waals surface area contributed by atoms with Gasteiger partial charge in [-0.2, -0.15) is 0 Å². The van der Waals surface area contributed by atoms with E-state index >= 15 is 0 Å². The number of aryl methyl sites for hydroxylation is 1. The Balaban J connectivity index is 2.15. The van der Waals surface area contributed by atoms with Gasteiger partial charge in [0.2, 0.25) is 0 Å². The highest BCUT2D eigenvalue weighted by Gasteiger charge is 2.22. The van der Waals surface area contributed by atoms with Crippen molar-refractivity contribution < 1.29 is 9.84 Å². The van der Waals surface area contributed by atoms with Crippen molar-refractivity contribution in [1.29, 1.82) is 0 Å². The molecule has 0 aliphatic rings. The van der Waals surface area contributed by atoms with Gasteiger partial charge in [0, 0.05) is 22.4 Å². The second kappa shape index (κ2) is 7.59. The summed E-state index contributed by atoms with van der Waals surface area (Å²) in [6.07, 6.45) is 1.42. The van der Waals surface area contributed by atoms with Crippen molar-refractivity contribution >= 4 is 11.3 Å². The first-order valence-corrected chi connectivity index (χ1v) is 8.14. The molecule has 4 heteroatoms. The van der Waals surface area contributed by atoms with E-state index < -0.39 is 0 Å². The van der Waals surface area contributed by atoms with Gasteiger partial charge in [0.25, 0.3) is 0 Å². The largest absolute Gasteiger partial charge is 0.483 e. The van der Waals surface area contributed by atoms with E-state index in [1.807, 2.05) is 24.3 Å². The zero-order valence-electron chi connectivity index (χ0n) is 12.6. The van der Waals surface area contributed by atoms with Crippen LogP contribution < -0.4 is 10.5 Å². The molecule has 0 amide bonds. The number of aliphatic hydroxyl groups is 1. The summed E-state index contributed by atoms with van der Waals surface area (Å²) >= 11 is 1.73. The van der Waals surface area contributed by atoms with E-state index in [-0.39, 0.29) is 18.8 Å². The number of benzene rings is 1. The summed E-state index contributed by atoms with van der Waals surface area (Å²) < 4.78 is 6.12. The van der Waals surface area contributed by atoms with Gasteiger partial charge in [-0.3, -0.25) is 0 Å². The van der Waals surface area contributed by atoms with E-state index in [9.17, 15) is 0 Å². The molecule has 0 saturated carbocycles. The summed E-state index contributed by atoms with van der Waals surface area (Å²) in [5, 5.41) is 8.94. The summed E-state index contributed by atoms with van der Waals surface area (Å²) in [5.41, 5.74) is 7.34. The van der Waals surface area contributed by atoms with Gasteiger partial charge >= 0.3 is 0 Å². The van der Waals surface area contributed by atoms with Crippen LogP contribution in [0.1, 0.15) is 34.8 Å². The van der Waals surface area contributed by atoms with E-state index in [4.69, 9.17) is 15.6 Å². The molecule has 114 valence electrons. The molecule has 1 aromatic carbocycles. The Morgan fingerprint density at radius 3 is 2.43 bits per heavy atom. The van der Waals surface area contributed by atoms with E-state index in [1.54, 1.807) is 11.3 Å². The van der Waals surface area contributed by atoms with Gasteiger partial charge in [-0.25, -0.2) is 0 Å². The molecule has 2 aromatic rings. The van der Waals surface area contributed by atoms with Crippen molar-refractivity contribution in [2.45, 2.75) is 38.8 Å². The van der Waals surface area contributed by atoms with Gasteiger partial charge in [-0.1, -0.05) is 19.1 Å². The van der Waals surface area contributed by atoms with Gasteiger partial charge in [0.15, 0.2) is 0 Å². The predicted octanol–water partition coefficient (Wildman–Crippen LogP) is 3.45. The number of nitrogens with two attached hydrogens (primary N) is 1. The summed E-state index contributed by atoms with van der Waals surface area (Å²) in [5.74, 6) is 0.816. The van der Waals surface area contributed by atoms with Crippen LogP contribution in [-0.4, -0.2) is 17.8 Å². The van der Waals surface area contributed by atoms with E-state index in [0.29, 0.717) is 6.42 Å². The minimum atomic E-state index is -0.114. The SMILES string of the molecule is CCC(N)C(Oc1ccc(CCO)cc1)c1ccc(C)s1. The van der Waals surface area contributed by atoms with Gasteiger partial charge < -0.3 is 15.6 Å². The highest BCUT2D eigenvalue weighted by molar-refractivity contribution is 7.12. The minimum absolute atomic E-state index is 0.0276. The van der Waals surface area contributed by atoms with Crippen molar-refractivity contribution in [2.75, 3.05) is 6.61 Å². The molecule has 2 unspecified atom stereocenters. The third kappa shape index (κ3) is 4.30. The fraction of sp³-hybridized carbons (Fsp3) is 0.412. The highest BCUT2D eigenvalue weighted by Crippen LogP contribution is 2.30. The maximum absolute atomic E-state index is 8.94. The summed E-state index contributed by atoms with van der Waals surface area (Å²) in [6.45, 7) is 4.33. The molecule has 1 heterocycles. The molecule has 0 radical (unpaired) electrons. The second-order valence-corrected chi connectivity index (χ2v) is 6.50. The monoisotopic (exact) mass is 305 g/mol. The standard InChI is InChI=1S/C17H23NO2S/c1-3-15(18)17(16-9-4-12(2)21-16)20-14-7-5-13(6-8-14)10-11-19/h4-9,15,17,19H,3,10-11,18H2,1-2H3. The first kappa shape index (κ1) is 16.0. The van der Waals surface area contributed by atoms with Gasteiger partial charge in [0.05, 0.1) is 0 Å². The Kier molecular flexibility index (Phi) is 5.79. The van der Waals surface area contributed by atoms with Crippen molar-refractivity contribution in [3.63, 3.8) is 0 Å². The van der Waals surface area contributed by atoms with Crippen molar-refractivity contribution in [1.82, 2.24) is 0 Å². The van der Waals surface area contributed by atoms with E-state index in [0.717, 1.165) is 17.7 Å². The molecule has 2 atom stereocenters. The van der Waals surface area contributed by atoms with Crippen LogP contribution in [0.4, 0.5) is 0 Å². The van der Waals surface area contributed by atoms with Crippen LogP contribution in [0.3, 0.4) is 0 Å². The lowest BCUT2D eigenvalue weighted by Crippen LogP contribution is -2.30. The summed E-state index contributed by atoms with van der Waals surface area (Å²) in [6, 6.07) is 12.0. The first-order chi connectivity index (χ1) is 10.1. The second-order valence-electron chi connectivity index (χ2n) is 5.18. The van der Waals surface area contributed by atoms with E-state index in [2.05, 4.69) is 26.0 Å². The van der Waals surface area contributed by atoms with Crippen LogP contribution in [0.5, 0.6) is 5.75 Å². The lowest BCUT2D eigenvalue weighted by Gasteiger charge is -2.23. The van der Waals surface area contributed by atoms with Crippen LogP contribution in [0.25, 0.3) is 0 Å². The topological polar surface area (TPSA) is 55.5 Å². The lowest BCUT2D eigenvalue weighted by atomic mass is 10.1. The number of hydrogen-bond donors (Lipinski definition) is 2. The van der Waals surface area contributed by atoms with Gasteiger partial charge in [-0.15, -0.1) is 11.3 Å². The molecule has 3 nitrogen and oxygen atoms in total. The van der Waals surface area contributed by atoms with E-state index in [1.165, 1.54) is 9.75 Å². The van der Waals surface area contributed by atoms with Crippen LogP contribution in [0.15, 0.2) is 36.4 Å². The maximum atomic E-state index is 8.94. The Morgan fingerprint density at radius 1 is 1.19 bits per heavy atom. The van der Waals surface area contributed by atoms with Gasteiger partial charge in [-0.05, 0) is 49.6 Å². The number of rotatable bonds is 7. The number of hydrogen-bond acceptors (Lipinski definition) is 4. The number of aliphatic hydroxyl groups excluding tert-OH is 1. The molecular weight excluding hydrogens is 282 g/mol. The fourth-order valence-electron chi connectivity index (χ4n) is 2.19. The first-order valence-electron chi connectivity index (χ1n) is 7.32. The van der Waals surface area contributed by atoms with Crippen molar-refractivity contribution in [3.05, 3.63) is 51.7 Å². The highest BCUT2D eigenvalue weighted by atomic mass is 32.1. The molecular formula is C17H23NO2S. The van der Waals surface area contributed by atoms with Crippen molar-refractivity contribution in [3.8, 4) is 5.75 Å². The number of thiophene rings is 1. The molecule has 3 N–H and O–H groups in total. The molecule has 0 spiro atoms. The zero-order valence-corrected chi connectivity index (χ0v) is 13.4. The zero-order chi connectivity index (χ0) is 15.2. The predicted molar refractivity (Wildman–Crippen MR) is 87.9 cm³/mol. The smallest absolute Gasteiger partial charge is 0.148 e. The number of ether oxygens (including phenoxy) is 1. The average Bonchev–Trinajstić information content (AvgIpc) is 2.92.